The summed E-state index contributed by atoms with van der Waals surface area (Å²) in [6.07, 6.45) is 0. The van der Waals surface area contributed by atoms with Crippen molar-refractivity contribution in [2.75, 3.05) is 23.4 Å². The number of para-hydroxylation sites is 1. The van der Waals surface area contributed by atoms with Crippen molar-refractivity contribution < 1.29 is 14.3 Å². The fraction of sp³-hybridized carbons (Fsp3) is 0.250. The van der Waals surface area contributed by atoms with Gasteiger partial charge in [0.1, 0.15) is 5.75 Å². The van der Waals surface area contributed by atoms with Gasteiger partial charge in [-0.15, -0.1) is 11.3 Å². The van der Waals surface area contributed by atoms with Crippen LogP contribution in [0.25, 0.3) is 11.3 Å². The first-order valence-corrected chi connectivity index (χ1v) is 11.7. The lowest BCUT2D eigenvalue weighted by Gasteiger charge is -2.21. The highest BCUT2D eigenvalue weighted by molar-refractivity contribution is 7.07. The third-order valence-corrected chi connectivity index (χ3v) is 6.30. The standard InChI is InChI=1S/C24H23N5O3S/c1-4-25-24-29(27-22-16-7-5-6-8-18(16)28(14(2)3)23(22)31)19(13-33-24)15-9-10-20-17(11-15)26-21(30)12-32-20/h5-11,13-14H,4,12H2,1-3H3,(H,26,30). The lowest BCUT2D eigenvalue weighted by atomic mass is 10.1. The number of hydrogen-bond acceptors (Lipinski definition) is 6. The number of nitrogens with one attached hydrogen (secondary N) is 1. The number of thiazole rings is 1. The molecule has 0 atom stereocenters. The number of aromatic nitrogens is 1. The summed E-state index contributed by atoms with van der Waals surface area (Å²) >= 11 is 1.45. The van der Waals surface area contributed by atoms with Crippen molar-refractivity contribution in [2.24, 2.45) is 10.1 Å². The van der Waals surface area contributed by atoms with Gasteiger partial charge in [-0.1, -0.05) is 18.2 Å². The molecule has 2 amide bonds. The van der Waals surface area contributed by atoms with E-state index in [2.05, 4.69) is 10.3 Å². The second-order valence-corrected chi connectivity index (χ2v) is 8.81. The molecule has 168 valence electrons. The quantitative estimate of drug-likeness (QED) is 0.645. The van der Waals surface area contributed by atoms with Crippen LogP contribution < -0.4 is 19.8 Å². The molecule has 0 bridgehead atoms. The van der Waals surface area contributed by atoms with Gasteiger partial charge in [0.2, 0.25) is 4.80 Å². The van der Waals surface area contributed by atoms with E-state index in [0.717, 1.165) is 22.5 Å². The predicted molar refractivity (Wildman–Crippen MR) is 129 cm³/mol. The zero-order valence-electron chi connectivity index (χ0n) is 18.5. The Balaban J connectivity index is 1.68. The number of fused-ring (bicyclic) bond motifs is 2. The van der Waals surface area contributed by atoms with Crippen LogP contribution in [-0.2, 0) is 9.59 Å². The van der Waals surface area contributed by atoms with Gasteiger partial charge in [-0.2, -0.15) is 5.10 Å². The van der Waals surface area contributed by atoms with Crippen molar-refractivity contribution in [2.45, 2.75) is 26.8 Å². The zero-order valence-corrected chi connectivity index (χ0v) is 19.3. The molecule has 3 aromatic rings. The average molecular weight is 462 g/mol. The van der Waals surface area contributed by atoms with Gasteiger partial charge in [-0.25, -0.2) is 4.68 Å². The van der Waals surface area contributed by atoms with Crippen molar-refractivity contribution in [3.63, 3.8) is 0 Å². The van der Waals surface area contributed by atoms with Gasteiger partial charge in [-0.3, -0.25) is 14.6 Å². The van der Waals surface area contributed by atoms with Crippen LogP contribution in [0.4, 0.5) is 11.4 Å². The lowest BCUT2D eigenvalue weighted by molar-refractivity contribution is -0.118. The molecule has 1 aromatic heterocycles. The summed E-state index contributed by atoms with van der Waals surface area (Å²) in [5.74, 6) is 0.295. The van der Waals surface area contributed by atoms with Crippen LogP contribution in [0.15, 0.2) is 57.9 Å². The molecule has 1 N–H and O–H groups in total. The van der Waals surface area contributed by atoms with Crippen molar-refractivity contribution in [1.82, 2.24) is 4.68 Å². The third kappa shape index (κ3) is 3.64. The van der Waals surface area contributed by atoms with E-state index in [1.807, 2.05) is 68.6 Å². The molecular weight excluding hydrogens is 438 g/mol. The first kappa shape index (κ1) is 21.1. The second-order valence-electron chi connectivity index (χ2n) is 7.97. The number of rotatable bonds is 4. The van der Waals surface area contributed by atoms with Crippen molar-refractivity contribution >= 4 is 40.2 Å². The minimum atomic E-state index is -0.193. The zero-order chi connectivity index (χ0) is 23.1. The number of carbonyl (C=O) groups excluding carboxylic acids is 2. The van der Waals surface area contributed by atoms with E-state index in [4.69, 9.17) is 9.84 Å². The molecule has 0 saturated carbocycles. The Kier molecular flexibility index (Phi) is 5.33. The van der Waals surface area contributed by atoms with Crippen molar-refractivity contribution in [1.29, 1.82) is 0 Å². The summed E-state index contributed by atoms with van der Waals surface area (Å²) in [7, 11) is 0. The minimum absolute atomic E-state index is 0.00218. The molecule has 0 aliphatic carbocycles. The molecule has 0 fully saturated rings. The number of amides is 2. The minimum Gasteiger partial charge on any atom is -0.482 e. The maximum atomic E-state index is 13.4. The number of carbonyl (C=O) groups is 2. The van der Waals surface area contributed by atoms with Crippen LogP contribution in [0.5, 0.6) is 5.75 Å². The molecule has 33 heavy (non-hydrogen) atoms. The normalized spacial score (nSPS) is 16.8. The maximum absolute atomic E-state index is 13.4. The number of ether oxygens (including phenoxy) is 1. The Hall–Kier alpha value is -3.72. The predicted octanol–water partition coefficient (Wildman–Crippen LogP) is 3.48. The molecule has 0 unspecified atom stereocenters. The SMILES string of the molecule is CCN=c1scc(-c2ccc3c(c2)NC(=O)CO3)n1N=C1C(=O)N(C(C)C)c2ccccc21. The van der Waals surface area contributed by atoms with Crippen LogP contribution in [0.1, 0.15) is 26.3 Å². The third-order valence-electron chi connectivity index (χ3n) is 5.44. The van der Waals surface area contributed by atoms with E-state index < -0.39 is 0 Å². The number of benzene rings is 2. The molecule has 2 aliphatic heterocycles. The number of anilines is 2. The number of hydrogen-bond donors (Lipinski definition) is 1. The first-order chi connectivity index (χ1) is 16.0. The van der Waals surface area contributed by atoms with Crippen LogP contribution in [-0.4, -0.2) is 41.4 Å². The van der Waals surface area contributed by atoms with Crippen LogP contribution >= 0.6 is 11.3 Å². The van der Waals surface area contributed by atoms with Gasteiger partial charge >= 0.3 is 0 Å². The first-order valence-electron chi connectivity index (χ1n) is 10.8. The average Bonchev–Trinajstić information content (AvgIpc) is 3.32. The van der Waals surface area contributed by atoms with Gasteiger partial charge < -0.3 is 15.0 Å². The molecule has 9 heteroatoms. The van der Waals surface area contributed by atoms with Gasteiger partial charge in [0.15, 0.2) is 12.3 Å². The van der Waals surface area contributed by atoms with E-state index in [1.165, 1.54) is 11.3 Å². The molecule has 2 aliphatic rings. The van der Waals surface area contributed by atoms with Gasteiger partial charge in [0.05, 0.1) is 17.1 Å². The molecule has 5 rings (SSSR count). The topological polar surface area (TPSA) is 88.3 Å². The monoisotopic (exact) mass is 461 g/mol. The summed E-state index contributed by atoms with van der Waals surface area (Å²) in [4.78, 5) is 32.2. The summed E-state index contributed by atoms with van der Waals surface area (Å²) in [5.41, 5.74) is 4.25. The van der Waals surface area contributed by atoms with Crippen LogP contribution in [0, 0.1) is 0 Å². The fourth-order valence-electron chi connectivity index (χ4n) is 4.01. The molecule has 2 aromatic carbocycles. The summed E-state index contributed by atoms with van der Waals surface area (Å²) in [6.45, 7) is 6.52. The lowest BCUT2D eigenvalue weighted by Crippen LogP contribution is -2.36. The fourth-order valence-corrected chi connectivity index (χ4v) is 4.91. The highest BCUT2D eigenvalue weighted by atomic mass is 32.1. The summed E-state index contributed by atoms with van der Waals surface area (Å²) in [6, 6.07) is 13.3. The van der Waals surface area contributed by atoms with E-state index in [9.17, 15) is 9.59 Å². The number of nitrogens with zero attached hydrogens (tertiary/aromatic N) is 4. The highest BCUT2D eigenvalue weighted by Gasteiger charge is 2.35. The smallest absolute Gasteiger partial charge is 0.279 e. The van der Waals surface area contributed by atoms with Crippen LogP contribution in [0.3, 0.4) is 0 Å². The maximum Gasteiger partial charge on any atom is 0.279 e. The molecule has 0 saturated heterocycles. The second kappa shape index (κ2) is 8.32. The Morgan fingerprint density at radius 3 is 2.79 bits per heavy atom. The molecule has 8 nitrogen and oxygen atoms in total. The van der Waals surface area contributed by atoms with Crippen LogP contribution in [0.2, 0.25) is 0 Å². The summed E-state index contributed by atoms with van der Waals surface area (Å²) < 4.78 is 7.20. The van der Waals surface area contributed by atoms with Crippen molar-refractivity contribution in [3.8, 4) is 17.0 Å². The molecule has 3 heterocycles. The summed E-state index contributed by atoms with van der Waals surface area (Å²) in [5, 5.41) is 9.63. The van der Waals surface area contributed by atoms with Gasteiger partial charge in [0.25, 0.3) is 11.8 Å². The molecule has 0 spiro atoms. The Morgan fingerprint density at radius 1 is 1.18 bits per heavy atom. The van der Waals surface area contributed by atoms with E-state index in [-0.39, 0.29) is 24.5 Å². The van der Waals surface area contributed by atoms with E-state index >= 15 is 0 Å². The van der Waals surface area contributed by atoms with Gasteiger partial charge in [0, 0.05) is 29.1 Å². The molecule has 0 radical (unpaired) electrons. The molecular formula is C24H23N5O3S. The Bertz CT molecular complexity index is 1370. The van der Waals surface area contributed by atoms with E-state index in [0.29, 0.717) is 28.5 Å². The largest absolute Gasteiger partial charge is 0.482 e. The van der Waals surface area contributed by atoms with E-state index in [1.54, 1.807) is 9.58 Å². The Morgan fingerprint density at radius 2 is 2.00 bits per heavy atom. The van der Waals surface area contributed by atoms with Gasteiger partial charge in [-0.05, 0) is 45.0 Å². The highest BCUT2D eigenvalue weighted by Crippen LogP contribution is 2.34. The van der Waals surface area contributed by atoms with Crippen molar-refractivity contribution in [3.05, 3.63) is 58.2 Å². The Labute approximate surface area is 194 Å².